The predicted octanol–water partition coefficient (Wildman–Crippen LogP) is 3.33. The third-order valence-electron chi connectivity index (χ3n) is 4.43. The van der Waals surface area contributed by atoms with Gasteiger partial charge in [0.15, 0.2) is 0 Å². The Labute approximate surface area is 122 Å². The molecule has 1 aromatic carbocycles. The Morgan fingerprint density at radius 2 is 2.00 bits per heavy atom. The SMILES string of the molecule is Fc1cc([C@@H](C2CCC2)N2CCNCC2)ccc1Br. The topological polar surface area (TPSA) is 15.3 Å². The Balaban J connectivity index is 1.86. The van der Waals surface area contributed by atoms with Crippen LogP contribution >= 0.6 is 15.9 Å². The summed E-state index contributed by atoms with van der Waals surface area (Å²) in [7, 11) is 0. The van der Waals surface area contributed by atoms with Crippen LogP contribution in [0.1, 0.15) is 30.9 Å². The Morgan fingerprint density at radius 3 is 2.58 bits per heavy atom. The lowest BCUT2D eigenvalue weighted by Gasteiger charge is -2.43. The largest absolute Gasteiger partial charge is 0.314 e. The maximum absolute atomic E-state index is 13.8. The number of nitrogens with zero attached hydrogens (tertiary/aromatic N) is 1. The molecule has 1 aliphatic heterocycles. The number of halogens is 2. The van der Waals surface area contributed by atoms with Gasteiger partial charge in [0, 0.05) is 32.2 Å². The monoisotopic (exact) mass is 326 g/mol. The highest BCUT2D eigenvalue weighted by atomic mass is 79.9. The Hall–Kier alpha value is -0.450. The van der Waals surface area contributed by atoms with Gasteiger partial charge in [-0.3, -0.25) is 4.90 Å². The quantitative estimate of drug-likeness (QED) is 0.916. The zero-order valence-corrected chi connectivity index (χ0v) is 12.6. The van der Waals surface area contributed by atoms with Crippen molar-refractivity contribution < 1.29 is 4.39 Å². The molecule has 1 N–H and O–H groups in total. The van der Waals surface area contributed by atoms with Crippen LogP contribution in [-0.4, -0.2) is 31.1 Å². The van der Waals surface area contributed by atoms with E-state index in [4.69, 9.17) is 0 Å². The maximum atomic E-state index is 13.8. The van der Waals surface area contributed by atoms with Crippen LogP contribution in [0.15, 0.2) is 22.7 Å². The van der Waals surface area contributed by atoms with Crippen LogP contribution in [0.2, 0.25) is 0 Å². The lowest BCUT2D eigenvalue weighted by molar-refractivity contribution is 0.0835. The summed E-state index contributed by atoms with van der Waals surface area (Å²) in [6, 6.07) is 6.05. The molecule has 0 bridgehead atoms. The number of rotatable bonds is 3. The van der Waals surface area contributed by atoms with Crippen LogP contribution < -0.4 is 5.32 Å². The van der Waals surface area contributed by atoms with Crippen LogP contribution in [0.25, 0.3) is 0 Å². The fourth-order valence-electron chi connectivity index (χ4n) is 3.19. The molecule has 1 saturated heterocycles. The number of hydrogen-bond acceptors (Lipinski definition) is 2. The standard InChI is InChI=1S/C15H20BrFN2/c16-13-5-4-12(10-14(13)17)15(11-2-1-3-11)19-8-6-18-7-9-19/h4-5,10-11,15,18H,1-3,6-9H2/t15-/m1/s1. The van der Waals surface area contributed by atoms with E-state index in [9.17, 15) is 4.39 Å². The molecule has 4 heteroatoms. The van der Waals surface area contributed by atoms with Gasteiger partial charge in [0.2, 0.25) is 0 Å². The second-order valence-corrected chi connectivity index (χ2v) is 6.45. The van der Waals surface area contributed by atoms with Crippen LogP contribution in [0.3, 0.4) is 0 Å². The molecule has 1 aliphatic carbocycles. The molecule has 0 aromatic heterocycles. The first-order valence-electron chi connectivity index (χ1n) is 7.15. The van der Waals surface area contributed by atoms with Crippen LogP contribution in [0.4, 0.5) is 4.39 Å². The molecule has 1 aromatic rings. The van der Waals surface area contributed by atoms with Crippen LogP contribution in [0, 0.1) is 11.7 Å². The van der Waals surface area contributed by atoms with Crippen LogP contribution in [0.5, 0.6) is 0 Å². The molecule has 1 saturated carbocycles. The molecule has 104 valence electrons. The van der Waals surface area contributed by atoms with Gasteiger partial charge >= 0.3 is 0 Å². The lowest BCUT2D eigenvalue weighted by Crippen LogP contribution is -2.47. The fraction of sp³-hybridized carbons (Fsp3) is 0.600. The van der Waals surface area contributed by atoms with Crippen molar-refractivity contribution in [3.8, 4) is 0 Å². The molecular formula is C15H20BrFN2. The van der Waals surface area contributed by atoms with E-state index in [0.29, 0.717) is 16.4 Å². The summed E-state index contributed by atoms with van der Waals surface area (Å²) >= 11 is 3.24. The first-order valence-corrected chi connectivity index (χ1v) is 7.95. The first kappa shape index (κ1) is 13.5. The normalized spacial score (nSPS) is 23.1. The van der Waals surface area contributed by atoms with Crippen molar-refractivity contribution in [3.63, 3.8) is 0 Å². The molecule has 0 radical (unpaired) electrons. The summed E-state index contributed by atoms with van der Waals surface area (Å²) in [5.74, 6) is 0.565. The summed E-state index contributed by atoms with van der Waals surface area (Å²) in [5.41, 5.74) is 1.15. The molecular weight excluding hydrogens is 307 g/mol. The molecule has 2 fully saturated rings. The fourth-order valence-corrected chi connectivity index (χ4v) is 3.44. The Bertz CT molecular complexity index is 442. The molecule has 19 heavy (non-hydrogen) atoms. The average molecular weight is 327 g/mol. The second kappa shape index (κ2) is 5.90. The van der Waals surface area contributed by atoms with Gasteiger partial charge in [0.25, 0.3) is 0 Å². The Morgan fingerprint density at radius 1 is 1.26 bits per heavy atom. The van der Waals surface area contributed by atoms with E-state index in [1.54, 1.807) is 6.07 Å². The molecule has 2 aliphatic rings. The highest BCUT2D eigenvalue weighted by Gasteiger charge is 2.33. The number of piperazine rings is 1. The first-order chi connectivity index (χ1) is 9.25. The van der Waals surface area contributed by atoms with E-state index >= 15 is 0 Å². The van der Waals surface area contributed by atoms with Gasteiger partial charge in [-0.25, -0.2) is 4.39 Å². The third kappa shape index (κ3) is 2.86. The Kier molecular flexibility index (Phi) is 4.20. The van der Waals surface area contributed by atoms with Gasteiger partial charge in [-0.15, -0.1) is 0 Å². The molecule has 1 heterocycles. The summed E-state index contributed by atoms with van der Waals surface area (Å²) in [6.45, 7) is 4.22. The van der Waals surface area contributed by atoms with E-state index in [-0.39, 0.29) is 5.82 Å². The summed E-state index contributed by atoms with van der Waals surface area (Å²) < 4.78 is 14.4. The van der Waals surface area contributed by atoms with Crippen molar-refractivity contribution in [1.29, 1.82) is 0 Å². The number of hydrogen-bond donors (Lipinski definition) is 1. The number of benzene rings is 1. The van der Waals surface area contributed by atoms with Gasteiger partial charge in [0.1, 0.15) is 5.82 Å². The second-order valence-electron chi connectivity index (χ2n) is 5.60. The predicted molar refractivity (Wildman–Crippen MR) is 78.6 cm³/mol. The van der Waals surface area contributed by atoms with Gasteiger partial charge in [-0.1, -0.05) is 12.5 Å². The highest BCUT2D eigenvalue weighted by molar-refractivity contribution is 9.10. The minimum absolute atomic E-state index is 0.142. The molecule has 0 spiro atoms. The summed E-state index contributed by atoms with van der Waals surface area (Å²) in [5, 5.41) is 3.39. The van der Waals surface area contributed by atoms with Crippen molar-refractivity contribution in [2.24, 2.45) is 5.92 Å². The third-order valence-corrected chi connectivity index (χ3v) is 5.07. The zero-order chi connectivity index (χ0) is 13.2. The number of nitrogens with one attached hydrogen (secondary N) is 1. The minimum Gasteiger partial charge on any atom is -0.314 e. The van der Waals surface area contributed by atoms with E-state index in [1.165, 1.54) is 19.3 Å². The van der Waals surface area contributed by atoms with Gasteiger partial charge in [-0.05, 0) is 52.4 Å². The molecule has 2 nitrogen and oxygen atoms in total. The lowest BCUT2D eigenvalue weighted by atomic mass is 9.76. The zero-order valence-electron chi connectivity index (χ0n) is 11.0. The highest BCUT2D eigenvalue weighted by Crippen LogP contribution is 2.42. The smallest absolute Gasteiger partial charge is 0.137 e. The molecule has 3 rings (SSSR count). The van der Waals surface area contributed by atoms with Gasteiger partial charge in [0.05, 0.1) is 4.47 Å². The van der Waals surface area contributed by atoms with Crippen molar-refractivity contribution in [2.75, 3.05) is 26.2 Å². The van der Waals surface area contributed by atoms with Crippen molar-refractivity contribution >= 4 is 15.9 Å². The van der Waals surface area contributed by atoms with Crippen LogP contribution in [-0.2, 0) is 0 Å². The molecule has 1 atom stereocenters. The van der Waals surface area contributed by atoms with E-state index < -0.39 is 0 Å². The maximum Gasteiger partial charge on any atom is 0.137 e. The average Bonchev–Trinajstić information content (AvgIpc) is 2.38. The van der Waals surface area contributed by atoms with Gasteiger partial charge < -0.3 is 5.32 Å². The van der Waals surface area contributed by atoms with E-state index in [1.807, 2.05) is 6.07 Å². The molecule has 0 amide bonds. The summed E-state index contributed by atoms with van der Waals surface area (Å²) in [6.07, 6.45) is 3.89. The van der Waals surface area contributed by atoms with Gasteiger partial charge in [-0.2, -0.15) is 0 Å². The summed E-state index contributed by atoms with van der Waals surface area (Å²) in [4.78, 5) is 2.53. The van der Waals surface area contributed by atoms with Crippen molar-refractivity contribution in [3.05, 3.63) is 34.1 Å². The van der Waals surface area contributed by atoms with Crippen molar-refractivity contribution in [2.45, 2.75) is 25.3 Å². The van der Waals surface area contributed by atoms with E-state index in [0.717, 1.165) is 31.7 Å². The van der Waals surface area contributed by atoms with Crippen molar-refractivity contribution in [1.82, 2.24) is 10.2 Å². The minimum atomic E-state index is -0.142. The molecule has 0 unspecified atom stereocenters. The van der Waals surface area contributed by atoms with E-state index in [2.05, 4.69) is 32.2 Å².